The van der Waals surface area contributed by atoms with E-state index in [1.165, 1.54) is 10.7 Å². The lowest BCUT2D eigenvalue weighted by atomic mass is 10.3. The predicted molar refractivity (Wildman–Crippen MR) is 65.6 cm³/mol. The number of ether oxygens (including phenoxy) is 1. The average Bonchev–Trinajstić information content (AvgIpc) is 2.39. The normalized spacial score (nSPS) is 10.2. The van der Waals surface area contributed by atoms with E-state index in [4.69, 9.17) is 4.74 Å². The number of para-hydroxylation sites is 1. The van der Waals surface area contributed by atoms with Gasteiger partial charge in [-0.3, -0.25) is 4.79 Å². The zero-order valence-corrected chi connectivity index (χ0v) is 9.67. The van der Waals surface area contributed by atoms with Crippen molar-refractivity contribution in [2.24, 2.45) is 0 Å². The van der Waals surface area contributed by atoms with Gasteiger partial charge < -0.3 is 4.74 Å². The van der Waals surface area contributed by atoms with Crippen LogP contribution < -0.4 is 10.3 Å². The quantitative estimate of drug-likeness (QED) is 0.807. The van der Waals surface area contributed by atoms with Crippen LogP contribution in [0.2, 0.25) is 0 Å². The topological polar surface area (TPSA) is 44.1 Å². The molecule has 0 fully saturated rings. The molecule has 4 heteroatoms. The van der Waals surface area contributed by atoms with Gasteiger partial charge in [0.05, 0.1) is 12.3 Å². The Morgan fingerprint density at radius 3 is 2.65 bits per heavy atom. The summed E-state index contributed by atoms with van der Waals surface area (Å²) in [6.45, 7) is 2.62. The summed E-state index contributed by atoms with van der Waals surface area (Å²) < 4.78 is 6.74. The van der Waals surface area contributed by atoms with Gasteiger partial charge in [0.1, 0.15) is 0 Å². The summed E-state index contributed by atoms with van der Waals surface area (Å²) in [7, 11) is 0. The van der Waals surface area contributed by atoms with Crippen molar-refractivity contribution in [2.75, 3.05) is 6.61 Å². The largest absolute Gasteiger partial charge is 0.477 e. The van der Waals surface area contributed by atoms with Gasteiger partial charge in [0.25, 0.3) is 5.56 Å². The molecule has 4 nitrogen and oxygen atoms in total. The van der Waals surface area contributed by atoms with E-state index in [2.05, 4.69) is 5.10 Å². The van der Waals surface area contributed by atoms with Crippen molar-refractivity contribution in [3.63, 3.8) is 0 Å². The van der Waals surface area contributed by atoms with Crippen LogP contribution in [0.1, 0.15) is 13.3 Å². The lowest BCUT2D eigenvalue weighted by molar-refractivity contribution is 0.298. The first-order valence-electron chi connectivity index (χ1n) is 5.60. The van der Waals surface area contributed by atoms with E-state index in [1.807, 2.05) is 37.3 Å². The standard InChI is InChI=1S/C13H14N2O2/c1-2-10-17-12-8-9-13(16)15(14-12)11-6-4-3-5-7-11/h3-9H,2,10H2,1H3. The van der Waals surface area contributed by atoms with Crippen molar-refractivity contribution in [2.45, 2.75) is 13.3 Å². The number of aromatic nitrogens is 2. The Labute approximate surface area is 99.5 Å². The molecule has 0 saturated heterocycles. The Morgan fingerprint density at radius 2 is 1.94 bits per heavy atom. The highest BCUT2D eigenvalue weighted by molar-refractivity contribution is 5.30. The third-order valence-electron chi connectivity index (χ3n) is 2.23. The van der Waals surface area contributed by atoms with Gasteiger partial charge in [-0.2, -0.15) is 4.68 Å². The first-order chi connectivity index (χ1) is 8.31. The Kier molecular flexibility index (Phi) is 3.55. The summed E-state index contributed by atoms with van der Waals surface area (Å²) in [5.74, 6) is 0.468. The summed E-state index contributed by atoms with van der Waals surface area (Å²) in [5.41, 5.74) is 0.569. The molecule has 17 heavy (non-hydrogen) atoms. The van der Waals surface area contributed by atoms with Gasteiger partial charge in [-0.25, -0.2) is 0 Å². The molecule has 0 N–H and O–H groups in total. The molecule has 0 aliphatic carbocycles. The zero-order chi connectivity index (χ0) is 12.1. The minimum absolute atomic E-state index is 0.167. The van der Waals surface area contributed by atoms with E-state index in [1.54, 1.807) is 6.07 Å². The van der Waals surface area contributed by atoms with Crippen LogP contribution in [0, 0.1) is 0 Å². The molecule has 0 unspecified atom stereocenters. The van der Waals surface area contributed by atoms with Crippen molar-refractivity contribution in [1.29, 1.82) is 0 Å². The number of nitrogens with zero attached hydrogens (tertiary/aromatic N) is 2. The Morgan fingerprint density at radius 1 is 1.18 bits per heavy atom. The number of rotatable bonds is 4. The van der Waals surface area contributed by atoms with E-state index < -0.39 is 0 Å². The minimum atomic E-state index is -0.167. The van der Waals surface area contributed by atoms with Crippen LogP contribution in [-0.2, 0) is 0 Å². The van der Waals surface area contributed by atoms with Crippen LogP contribution in [0.25, 0.3) is 5.69 Å². The van der Waals surface area contributed by atoms with E-state index in [-0.39, 0.29) is 5.56 Å². The maximum absolute atomic E-state index is 11.7. The van der Waals surface area contributed by atoms with Gasteiger partial charge in [0, 0.05) is 12.1 Å². The predicted octanol–water partition coefficient (Wildman–Crippen LogP) is 2.02. The second kappa shape index (κ2) is 5.30. The van der Waals surface area contributed by atoms with Crippen LogP contribution in [0.3, 0.4) is 0 Å². The van der Waals surface area contributed by atoms with Crippen molar-refractivity contribution in [3.8, 4) is 11.6 Å². The smallest absolute Gasteiger partial charge is 0.271 e. The Balaban J connectivity index is 2.36. The molecule has 2 rings (SSSR count). The molecule has 0 radical (unpaired) electrons. The minimum Gasteiger partial charge on any atom is -0.477 e. The summed E-state index contributed by atoms with van der Waals surface area (Å²) in [5, 5.41) is 4.16. The molecule has 2 aromatic rings. The lowest BCUT2D eigenvalue weighted by Gasteiger charge is -2.07. The first kappa shape index (κ1) is 11.4. The van der Waals surface area contributed by atoms with Crippen LogP contribution >= 0.6 is 0 Å². The maximum Gasteiger partial charge on any atom is 0.271 e. The average molecular weight is 230 g/mol. The first-order valence-corrected chi connectivity index (χ1v) is 5.60. The molecule has 0 amide bonds. The van der Waals surface area contributed by atoms with Crippen molar-refractivity contribution >= 4 is 0 Å². The molecule has 1 heterocycles. The molecule has 0 aliphatic heterocycles. The van der Waals surface area contributed by atoms with E-state index in [0.717, 1.165) is 12.1 Å². The molecule has 1 aromatic heterocycles. The molecule has 0 bridgehead atoms. The van der Waals surface area contributed by atoms with Crippen LogP contribution in [0.5, 0.6) is 5.88 Å². The van der Waals surface area contributed by atoms with Gasteiger partial charge in [-0.05, 0) is 18.6 Å². The molecule has 0 spiro atoms. The van der Waals surface area contributed by atoms with Gasteiger partial charge in [0.2, 0.25) is 5.88 Å². The highest BCUT2D eigenvalue weighted by Crippen LogP contribution is 2.07. The molecular formula is C13H14N2O2. The number of hydrogen-bond donors (Lipinski definition) is 0. The highest BCUT2D eigenvalue weighted by atomic mass is 16.5. The fourth-order valence-electron chi connectivity index (χ4n) is 1.43. The van der Waals surface area contributed by atoms with Crippen molar-refractivity contribution in [3.05, 3.63) is 52.8 Å². The summed E-state index contributed by atoms with van der Waals surface area (Å²) in [6, 6.07) is 12.3. The summed E-state index contributed by atoms with van der Waals surface area (Å²) in [4.78, 5) is 11.7. The third-order valence-corrected chi connectivity index (χ3v) is 2.23. The zero-order valence-electron chi connectivity index (χ0n) is 9.67. The second-order valence-electron chi connectivity index (χ2n) is 3.61. The Hall–Kier alpha value is -2.10. The summed E-state index contributed by atoms with van der Waals surface area (Å²) >= 11 is 0. The molecule has 0 saturated carbocycles. The van der Waals surface area contributed by atoms with Gasteiger partial charge in [-0.1, -0.05) is 25.1 Å². The van der Waals surface area contributed by atoms with Gasteiger partial charge in [-0.15, -0.1) is 5.10 Å². The van der Waals surface area contributed by atoms with E-state index >= 15 is 0 Å². The molecular weight excluding hydrogens is 216 g/mol. The van der Waals surface area contributed by atoms with Gasteiger partial charge >= 0.3 is 0 Å². The highest BCUT2D eigenvalue weighted by Gasteiger charge is 2.02. The van der Waals surface area contributed by atoms with E-state index in [0.29, 0.717) is 12.5 Å². The Bertz CT molecular complexity index is 535. The monoisotopic (exact) mass is 230 g/mol. The fourth-order valence-corrected chi connectivity index (χ4v) is 1.43. The van der Waals surface area contributed by atoms with Crippen LogP contribution in [0.15, 0.2) is 47.3 Å². The van der Waals surface area contributed by atoms with Crippen molar-refractivity contribution in [1.82, 2.24) is 9.78 Å². The molecule has 0 atom stereocenters. The molecule has 0 aliphatic rings. The second-order valence-corrected chi connectivity index (χ2v) is 3.61. The fraction of sp³-hybridized carbons (Fsp3) is 0.231. The molecule has 1 aromatic carbocycles. The maximum atomic E-state index is 11.7. The number of benzene rings is 1. The van der Waals surface area contributed by atoms with Crippen molar-refractivity contribution < 1.29 is 4.74 Å². The third kappa shape index (κ3) is 2.72. The SMILES string of the molecule is CCCOc1ccc(=O)n(-c2ccccc2)n1. The van der Waals surface area contributed by atoms with E-state index in [9.17, 15) is 4.79 Å². The molecule has 88 valence electrons. The lowest BCUT2D eigenvalue weighted by Crippen LogP contribution is -2.20. The van der Waals surface area contributed by atoms with Gasteiger partial charge in [0.15, 0.2) is 0 Å². The summed E-state index contributed by atoms with van der Waals surface area (Å²) in [6.07, 6.45) is 0.909. The van der Waals surface area contributed by atoms with Crippen LogP contribution in [0.4, 0.5) is 0 Å². The number of hydrogen-bond acceptors (Lipinski definition) is 3. The van der Waals surface area contributed by atoms with Crippen LogP contribution in [-0.4, -0.2) is 16.4 Å².